The summed E-state index contributed by atoms with van der Waals surface area (Å²) < 4.78 is 5.07. The number of hydrogen-bond acceptors (Lipinski definition) is 6. The topological polar surface area (TPSA) is 137 Å². The van der Waals surface area contributed by atoms with Gasteiger partial charge in [-0.15, -0.1) is 24.8 Å². The first-order valence-corrected chi connectivity index (χ1v) is 14.7. The molecule has 0 spiro atoms. The molecule has 0 rings (SSSR count). The molecule has 2 amide bonds. The Kier molecular flexibility index (Phi) is 33.2. The summed E-state index contributed by atoms with van der Waals surface area (Å²) in [4.78, 5) is 37.5. The minimum Gasteiger partial charge on any atom is -0.464 e. The van der Waals surface area contributed by atoms with Gasteiger partial charge in [0.25, 0.3) is 0 Å². The number of carbonyl (C=O) groups excluding carboxylic acids is 3. The fraction of sp³-hybridized carbons (Fsp3) is 0.893. The number of rotatable bonds is 25. The molecule has 0 radical (unpaired) electrons. The summed E-state index contributed by atoms with van der Waals surface area (Å²) in [5, 5.41) is 5.59. The molecule has 2 atom stereocenters. The van der Waals surface area contributed by atoms with Gasteiger partial charge in [-0.1, -0.05) is 84.0 Å². The molecule has 6 N–H and O–H groups in total. The second kappa shape index (κ2) is 30.5. The number of nitrogens with two attached hydrogens (primary N) is 2. The molecule has 10 heteroatoms. The molecule has 38 heavy (non-hydrogen) atoms. The first-order valence-electron chi connectivity index (χ1n) is 14.7. The number of esters is 1. The number of unbranched alkanes of at least 4 members (excludes halogenated alkanes) is 12. The number of ether oxygens (including phenoxy) is 1. The lowest BCUT2D eigenvalue weighted by Gasteiger charge is -2.22. The average Bonchev–Trinajstić information content (AvgIpc) is 2.87. The van der Waals surface area contributed by atoms with Crippen molar-refractivity contribution >= 4 is 42.6 Å². The zero-order valence-electron chi connectivity index (χ0n) is 24.1. The van der Waals surface area contributed by atoms with E-state index in [2.05, 4.69) is 17.6 Å². The van der Waals surface area contributed by atoms with Crippen molar-refractivity contribution in [2.75, 3.05) is 19.7 Å². The predicted octanol–water partition coefficient (Wildman–Crippen LogP) is 5.32. The lowest BCUT2D eigenvalue weighted by molar-refractivity contribution is -0.147. The van der Waals surface area contributed by atoms with E-state index >= 15 is 0 Å². The van der Waals surface area contributed by atoms with E-state index in [0.717, 1.165) is 19.3 Å². The van der Waals surface area contributed by atoms with Gasteiger partial charge in [0.05, 0.1) is 6.61 Å². The zero-order valence-corrected chi connectivity index (χ0v) is 25.7. The molecule has 0 saturated heterocycles. The van der Waals surface area contributed by atoms with Gasteiger partial charge in [-0.3, -0.25) is 9.59 Å². The molecule has 0 aromatic rings. The first-order chi connectivity index (χ1) is 17.5. The summed E-state index contributed by atoms with van der Waals surface area (Å²) in [6.45, 7) is 5.05. The predicted molar refractivity (Wildman–Crippen MR) is 162 cm³/mol. The SMILES string of the molecule is CCCCCCCCCCCCCCCC(=O)N[C@@H](CCCN)C(=O)N[C@@H](CCCN)C(=O)OCC.Cl.Cl. The van der Waals surface area contributed by atoms with Crippen LogP contribution in [0.3, 0.4) is 0 Å². The summed E-state index contributed by atoms with van der Waals surface area (Å²) in [5.41, 5.74) is 11.2. The molecule has 0 aromatic carbocycles. The molecule has 0 aliphatic carbocycles. The molecular weight excluding hydrogens is 527 g/mol. The smallest absolute Gasteiger partial charge is 0.328 e. The highest BCUT2D eigenvalue weighted by Gasteiger charge is 2.26. The molecule has 0 bridgehead atoms. The van der Waals surface area contributed by atoms with E-state index in [1.165, 1.54) is 64.2 Å². The van der Waals surface area contributed by atoms with Crippen molar-refractivity contribution in [1.82, 2.24) is 10.6 Å². The fourth-order valence-corrected chi connectivity index (χ4v) is 4.25. The van der Waals surface area contributed by atoms with E-state index < -0.39 is 18.1 Å². The number of nitrogens with one attached hydrogen (secondary N) is 2. The van der Waals surface area contributed by atoms with Crippen molar-refractivity contribution in [3.63, 3.8) is 0 Å². The number of hydrogen-bond donors (Lipinski definition) is 4. The first kappa shape index (κ1) is 41.4. The van der Waals surface area contributed by atoms with E-state index in [1.807, 2.05) is 0 Å². The van der Waals surface area contributed by atoms with Gasteiger partial charge in [0.2, 0.25) is 11.8 Å². The van der Waals surface area contributed by atoms with Crippen molar-refractivity contribution in [2.24, 2.45) is 11.5 Å². The Hall–Kier alpha value is -1.09. The maximum Gasteiger partial charge on any atom is 0.328 e. The average molecular weight is 586 g/mol. The molecule has 0 heterocycles. The number of carbonyl (C=O) groups is 3. The largest absolute Gasteiger partial charge is 0.464 e. The Morgan fingerprint density at radius 1 is 0.632 bits per heavy atom. The van der Waals surface area contributed by atoms with Crippen molar-refractivity contribution in [2.45, 2.75) is 142 Å². The summed E-state index contributed by atoms with van der Waals surface area (Å²) in [6.07, 6.45) is 18.7. The van der Waals surface area contributed by atoms with Crippen LogP contribution in [0.25, 0.3) is 0 Å². The molecule has 0 fully saturated rings. The summed E-state index contributed by atoms with van der Waals surface area (Å²) in [5.74, 6) is -0.989. The molecule has 228 valence electrons. The van der Waals surface area contributed by atoms with Gasteiger partial charge in [0.15, 0.2) is 0 Å². The summed E-state index contributed by atoms with van der Waals surface area (Å²) >= 11 is 0. The molecular formula is C28H58Cl2N4O4. The standard InChI is InChI=1S/C28H56N4O4.2ClH/c1-3-5-6-7-8-9-10-11-12-13-14-15-16-21-26(33)31-24(19-17-22-29)27(34)32-25(20-18-23-30)28(35)36-4-2;;/h24-25H,3-23,29-30H2,1-2H3,(H,31,33)(H,32,34);2*1H/t24-,25-;;/m0../s1. The normalized spacial score (nSPS) is 12.0. The van der Waals surface area contributed by atoms with Crippen molar-refractivity contribution in [3.8, 4) is 0 Å². The Morgan fingerprint density at radius 2 is 1.08 bits per heavy atom. The van der Waals surface area contributed by atoms with E-state index in [9.17, 15) is 14.4 Å². The lowest BCUT2D eigenvalue weighted by Crippen LogP contribution is -2.52. The van der Waals surface area contributed by atoms with E-state index in [1.54, 1.807) is 6.92 Å². The van der Waals surface area contributed by atoms with Crippen molar-refractivity contribution in [1.29, 1.82) is 0 Å². The van der Waals surface area contributed by atoms with Crippen molar-refractivity contribution < 1.29 is 19.1 Å². The Morgan fingerprint density at radius 3 is 1.53 bits per heavy atom. The van der Waals surface area contributed by atoms with Crippen LogP contribution in [-0.4, -0.2) is 49.6 Å². The highest BCUT2D eigenvalue weighted by atomic mass is 35.5. The van der Waals surface area contributed by atoms with Gasteiger partial charge < -0.3 is 26.8 Å². The lowest BCUT2D eigenvalue weighted by atomic mass is 10.0. The minimum absolute atomic E-state index is 0. The Balaban J connectivity index is -0.00000612. The van der Waals surface area contributed by atoms with Gasteiger partial charge in [-0.05, 0) is 52.1 Å². The van der Waals surface area contributed by atoms with Crippen LogP contribution in [0, 0.1) is 0 Å². The molecule has 0 unspecified atom stereocenters. The molecule has 8 nitrogen and oxygen atoms in total. The van der Waals surface area contributed by atoms with Gasteiger partial charge in [0.1, 0.15) is 12.1 Å². The quantitative estimate of drug-likeness (QED) is 0.0846. The van der Waals surface area contributed by atoms with Gasteiger partial charge in [-0.25, -0.2) is 4.79 Å². The summed E-state index contributed by atoms with van der Waals surface area (Å²) in [7, 11) is 0. The highest BCUT2D eigenvalue weighted by Crippen LogP contribution is 2.13. The van der Waals surface area contributed by atoms with Crippen LogP contribution in [0.4, 0.5) is 0 Å². The third-order valence-corrected chi connectivity index (χ3v) is 6.44. The van der Waals surface area contributed by atoms with Gasteiger partial charge in [-0.2, -0.15) is 0 Å². The minimum atomic E-state index is -0.765. The van der Waals surface area contributed by atoms with Crippen molar-refractivity contribution in [3.05, 3.63) is 0 Å². The van der Waals surface area contributed by atoms with E-state index in [0.29, 0.717) is 45.2 Å². The van der Waals surface area contributed by atoms with Gasteiger partial charge >= 0.3 is 5.97 Å². The second-order valence-electron chi connectivity index (χ2n) is 9.79. The third-order valence-electron chi connectivity index (χ3n) is 6.44. The van der Waals surface area contributed by atoms with Crippen LogP contribution >= 0.6 is 24.8 Å². The van der Waals surface area contributed by atoms with Crippen LogP contribution in [0.15, 0.2) is 0 Å². The highest BCUT2D eigenvalue weighted by molar-refractivity contribution is 5.90. The third kappa shape index (κ3) is 24.0. The Labute approximate surface area is 244 Å². The maximum atomic E-state index is 12.9. The number of halogens is 2. The fourth-order valence-electron chi connectivity index (χ4n) is 4.25. The van der Waals surface area contributed by atoms with Gasteiger partial charge in [0, 0.05) is 6.42 Å². The van der Waals surface area contributed by atoms with Crippen LogP contribution < -0.4 is 22.1 Å². The molecule has 0 saturated carbocycles. The van der Waals surface area contributed by atoms with E-state index in [-0.39, 0.29) is 43.2 Å². The maximum absolute atomic E-state index is 12.9. The zero-order chi connectivity index (χ0) is 26.9. The van der Waals surface area contributed by atoms with Crippen LogP contribution in [0.1, 0.15) is 129 Å². The summed E-state index contributed by atoms with van der Waals surface area (Å²) in [6, 6.07) is -1.47. The van der Waals surface area contributed by atoms with Crippen LogP contribution in [0.2, 0.25) is 0 Å². The molecule has 0 aliphatic heterocycles. The van der Waals surface area contributed by atoms with Crippen LogP contribution in [-0.2, 0) is 19.1 Å². The second-order valence-corrected chi connectivity index (χ2v) is 9.79. The number of amides is 2. The monoisotopic (exact) mass is 584 g/mol. The molecule has 0 aliphatic rings. The Bertz CT molecular complexity index is 571. The van der Waals surface area contributed by atoms with E-state index in [4.69, 9.17) is 16.2 Å². The van der Waals surface area contributed by atoms with Crippen LogP contribution in [0.5, 0.6) is 0 Å². The molecule has 0 aromatic heterocycles.